The van der Waals surface area contributed by atoms with Crippen LogP contribution >= 0.6 is 11.3 Å². The van der Waals surface area contributed by atoms with Gasteiger partial charge in [0, 0.05) is 49.5 Å². The maximum absolute atomic E-state index is 12.7. The lowest BCUT2D eigenvalue weighted by atomic mass is 10.2. The van der Waals surface area contributed by atoms with Crippen LogP contribution in [0.25, 0.3) is 0 Å². The molecule has 0 radical (unpaired) electrons. The Morgan fingerprint density at radius 3 is 2.53 bits per heavy atom. The summed E-state index contributed by atoms with van der Waals surface area (Å²) >= 11 is 1.26. The van der Waals surface area contributed by atoms with Gasteiger partial charge in [-0.15, -0.1) is 11.3 Å². The fourth-order valence-corrected chi connectivity index (χ4v) is 4.15. The SMILES string of the molecule is COc1ccc(N2CCN(C(=O)Cc3csc(NC(=O)c4ccc(=O)[nH]c4)n3)CC2)cc1. The van der Waals surface area contributed by atoms with Crippen LogP contribution in [0.15, 0.2) is 52.8 Å². The number of methoxy groups -OCH3 is 1. The van der Waals surface area contributed by atoms with Crippen molar-refractivity contribution in [3.63, 3.8) is 0 Å². The summed E-state index contributed by atoms with van der Waals surface area (Å²) in [6.07, 6.45) is 1.54. The van der Waals surface area contributed by atoms with Gasteiger partial charge >= 0.3 is 0 Å². The Balaban J connectivity index is 1.28. The minimum atomic E-state index is -0.372. The van der Waals surface area contributed by atoms with Crippen molar-refractivity contribution in [1.82, 2.24) is 14.9 Å². The van der Waals surface area contributed by atoms with Crippen LogP contribution in [-0.2, 0) is 11.2 Å². The minimum Gasteiger partial charge on any atom is -0.497 e. The molecule has 1 aliphatic rings. The molecule has 32 heavy (non-hydrogen) atoms. The van der Waals surface area contributed by atoms with Gasteiger partial charge in [0.2, 0.25) is 11.5 Å². The van der Waals surface area contributed by atoms with E-state index in [0.29, 0.717) is 29.5 Å². The van der Waals surface area contributed by atoms with E-state index in [1.165, 1.54) is 29.7 Å². The van der Waals surface area contributed by atoms with E-state index in [4.69, 9.17) is 4.74 Å². The first-order valence-electron chi connectivity index (χ1n) is 10.1. The summed E-state index contributed by atoms with van der Waals surface area (Å²) in [6.45, 7) is 2.81. The molecule has 1 aliphatic heterocycles. The van der Waals surface area contributed by atoms with Crippen molar-refractivity contribution in [2.75, 3.05) is 43.5 Å². The monoisotopic (exact) mass is 453 g/mol. The number of piperazine rings is 1. The molecule has 1 saturated heterocycles. The number of carbonyl (C=O) groups excluding carboxylic acids is 2. The second-order valence-electron chi connectivity index (χ2n) is 7.28. The molecule has 10 heteroatoms. The lowest BCUT2D eigenvalue weighted by molar-refractivity contribution is -0.130. The average molecular weight is 454 g/mol. The molecule has 2 N–H and O–H groups in total. The van der Waals surface area contributed by atoms with Gasteiger partial charge in [0.25, 0.3) is 5.91 Å². The van der Waals surface area contributed by atoms with Gasteiger partial charge in [-0.3, -0.25) is 19.7 Å². The minimum absolute atomic E-state index is 0.0168. The van der Waals surface area contributed by atoms with Crippen LogP contribution in [0.3, 0.4) is 0 Å². The van der Waals surface area contributed by atoms with Gasteiger partial charge in [-0.25, -0.2) is 4.98 Å². The molecule has 0 saturated carbocycles. The van der Waals surface area contributed by atoms with Crippen LogP contribution in [0.4, 0.5) is 10.8 Å². The van der Waals surface area contributed by atoms with E-state index >= 15 is 0 Å². The number of thiazole rings is 1. The molecule has 9 nitrogen and oxygen atoms in total. The second kappa shape index (κ2) is 9.65. The molecule has 0 aliphatic carbocycles. The van der Waals surface area contributed by atoms with Gasteiger partial charge in [0.15, 0.2) is 5.13 Å². The third-order valence-electron chi connectivity index (χ3n) is 5.22. The highest BCUT2D eigenvalue weighted by molar-refractivity contribution is 7.14. The first-order chi connectivity index (χ1) is 15.5. The molecule has 2 aromatic heterocycles. The number of aromatic amines is 1. The van der Waals surface area contributed by atoms with Crippen molar-refractivity contribution in [3.05, 3.63) is 69.6 Å². The number of anilines is 2. The number of nitrogens with zero attached hydrogens (tertiary/aromatic N) is 3. The van der Waals surface area contributed by atoms with Gasteiger partial charge < -0.3 is 19.5 Å². The number of hydrogen-bond acceptors (Lipinski definition) is 7. The molecule has 3 aromatic rings. The maximum atomic E-state index is 12.7. The molecule has 0 spiro atoms. The predicted molar refractivity (Wildman–Crippen MR) is 123 cm³/mol. The number of ether oxygens (including phenoxy) is 1. The molecule has 0 bridgehead atoms. The molecule has 0 atom stereocenters. The fourth-order valence-electron chi connectivity index (χ4n) is 3.44. The lowest BCUT2D eigenvalue weighted by Gasteiger charge is -2.36. The van der Waals surface area contributed by atoms with Gasteiger partial charge in [-0.05, 0) is 30.3 Å². The largest absolute Gasteiger partial charge is 0.497 e. The van der Waals surface area contributed by atoms with E-state index in [2.05, 4.69) is 20.2 Å². The normalized spacial score (nSPS) is 13.7. The Morgan fingerprint density at radius 2 is 1.88 bits per heavy atom. The lowest BCUT2D eigenvalue weighted by Crippen LogP contribution is -2.49. The van der Waals surface area contributed by atoms with Crippen LogP contribution in [0.1, 0.15) is 16.1 Å². The fraction of sp³-hybridized carbons (Fsp3) is 0.273. The van der Waals surface area contributed by atoms with Crippen LogP contribution in [0.2, 0.25) is 0 Å². The van der Waals surface area contributed by atoms with E-state index < -0.39 is 0 Å². The average Bonchev–Trinajstić information content (AvgIpc) is 3.26. The molecule has 4 rings (SSSR count). The van der Waals surface area contributed by atoms with Gasteiger partial charge in [0.05, 0.1) is 24.8 Å². The summed E-state index contributed by atoms with van der Waals surface area (Å²) in [5.41, 5.74) is 1.78. The molecule has 1 aromatic carbocycles. The number of aromatic nitrogens is 2. The molecule has 1 fully saturated rings. The third-order valence-corrected chi connectivity index (χ3v) is 6.03. The van der Waals surface area contributed by atoms with Crippen molar-refractivity contribution >= 4 is 34.0 Å². The van der Waals surface area contributed by atoms with Crippen molar-refractivity contribution < 1.29 is 14.3 Å². The number of amides is 2. The number of hydrogen-bond donors (Lipinski definition) is 2. The van der Waals surface area contributed by atoms with Gasteiger partial charge in [-0.2, -0.15) is 0 Å². The number of pyridine rings is 1. The molecule has 3 heterocycles. The summed E-state index contributed by atoms with van der Waals surface area (Å²) in [4.78, 5) is 47.0. The summed E-state index contributed by atoms with van der Waals surface area (Å²) in [5.74, 6) is 0.464. The van der Waals surface area contributed by atoms with E-state index in [-0.39, 0.29) is 23.8 Å². The van der Waals surface area contributed by atoms with Crippen molar-refractivity contribution in [1.29, 1.82) is 0 Å². The Kier molecular flexibility index (Phi) is 6.50. The Labute approximate surface area is 188 Å². The number of rotatable bonds is 6. The third kappa shape index (κ3) is 5.14. The first kappa shape index (κ1) is 21.6. The van der Waals surface area contributed by atoms with Crippen LogP contribution < -0.4 is 20.5 Å². The number of carbonyl (C=O) groups is 2. The smallest absolute Gasteiger partial charge is 0.258 e. The highest BCUT2D eigenvalue weighted by atomic mass is 32.1. The molecule has 0 unspecified atom stereocenters. The van der Waals surface area contributed by atoms with Crippen molar-refractivity contribution in [3.8, 4) is 5.75 Å². The number of nitrogens with one attached hydrogen (secondary N) is 2. The summed E-state index contributed by atoms with van der Waals surface area (Å²) < 4.78 is 5.20. The zero-order chi connectivity index (χ0) is 22.5. The standard InChI is InChI=1S/C22H23N5O4S/c1-31-18-5-3-17(4-6-18)26-8-10-27(11-9-26)20(29)12-16-14-32-22(24-16)25-21(30)15-2-7-19(28)23-13-15/h2-7,13-14H,8-12H2,1H3,(H,23,28)(H,24,25,30). The number of benzene rings is 1. The Hall–Kier alpha value is -3.66. The zero-order valence-electron chi connectivity index (χ0n) is 17.5. The Bertz CT molecular complexity index is 1130. The Morgan fingerprint density at radius 1 is 1.12 bits per heavy atom. The van der Waals surface area contributed by atoms with E-state index in [1.807, 2.05) is 29.2 Å². The van der Waals surface area contributed by atoms with Gasteiger partial charge in [0.1, 0.15) is 5.75 Å². The second-order valence-corrected chi connectivity index (χ2v) is 8.14. The topological polar surface area (TPSA) is 108 Å². The van der Waals surface area contributed by atoms with E-state index in [1.54, 1.807) is 12.5 Å². The first-order valence-corrected chi connectivity index (χ1v) is 11.0. The van der Waals surface area contributed by atoms with Crippen LogP contribution in [-0.4, -0.2) is 60.0 Å². The molecular weight excluding hydrogens is 430 g/mol. The van der Waals surface area contributed by atoms with E-state index in [0.717, 1.165) is 24.5 Å². The highest BCUT2D eigenvalue weighted by Crippen LogP contribution is 2.21. The van der Waals surface area contributed by atoms with Gasteiger partial charge in [-0.1, -0.05) is 0 Å². The van der Waals surface area contributed by atoms with Crippen LogP contribution in [0.5, 0.6) is 5.75 Å². The van der Waals surface area contributed by atoms with E-state index in [9.17, 15) is 14.4 Å². The summed E-state index contributed by atoms with van der Waals surface area (Å²) in [7, 11) is 1.64. The molecule has 166 valence electrons. The molecule has 2 amide bonds. The quantitative estimate of drug-likeness (QED) is 0.591. The number of H-pyrrole nitrogens is 1. The zero-order valence-corrected chi connectivity index (χ0v) is 18.4. The van der Waals surface area contributed by atoms with Crippen molar-refractivity contribution in [2.45, 2.75) is 6.42 Å². The summed E-state index contributed by atoms with van der Waals surface area (Å²) in [5, 5.41) is 4.87. The molecular formula is C22H23N5O4S. The van der Waals surface area contributed by atoms with Crippen molar-refractivity contribution in [2.24, 2.45) is 0 Å². The summed E-state index contributed by atoms with van der Waals surface area (Å²) in [6, 6.07) is 10.6. The van der Waals surface area contributed by atoms with Crippen LogP contribution in [0, 0.1) is 0 Å². The maximum Gasteiger partial charge on any atom is 0.258 e. The predicted octanol–water partition coefficient (Wildman–Crippen LogP) is 1.98. The highest BCUT2D eigenvalue weighted by Gasteiger charge is 2.22.